The molecule has 1 aromatic rings. The third-order valence-corrected chi connectivity index (χ3v) is 2.72. The quantitative estimate of drug-likeness (QED) is 0.748. The number of aromatic nitrogens is 2. The highest BCUT2D eigenvalue weighted by Crippen LogP contribution is 2.22. The number of ether oxygens (including phenoxy) is 2. The van der Waals surface area contributed by atoms with E-state index in [9.17, 15) is 4.79 Å². The number of alkyl halides is 1. The number of fused-ring (bicyclic) bond motifs is 1. The SMILES string of the molecule is CC.CCC1COc2nc(=O)c(C)cn2C(C)O1.CCl. The van der Waals surface area contributed by atoms with Crippen LogP contribution in [0.4, 0.5) is 0 Å². The van der Waals surface area contributed by atoms with Gasteiger partial charge in [0, 0.05) is 18.1 Å². The van der Waals surface area contributed by atoms with Crippen molar-refractivity contribution in [1.29, 1.82) is 0 Å². The third kappa shape index (κ3) is 4.80. The van der Waals surface area contributed by atoms with Gasteiger partial charge < -0.3 is 9.47 Å². The van der Waals surface area contributed by atoms with Crippen molar-refractivity contribution < 1.29 is 9.47 Å². The molecule has 20 heavy (non-hydrogen) atoms. The number of halogens is 1. The Morgan fingerprint density at radius 3 is 2.60 bits per heavy atom. The van der Waals surface area contributed by atoms with Gasteiger partial charge in [-0.3, -0.25) is 9.36 Å². The Morgan fingerprint density at radius 2 is 2.05 bits per heavy atom. The third-order valence-electron chi connectivity index (χ3n) is 2.72. The second kappa shape index (κ2) is 9.77. The molecule has 0 N–H and O–H groups in total. The summed E-state index contributed by atoms with van der Waals surface area (Å²) in [7, 11) is 0. The molecule has 2 atom stereocenters. The molecule has 2 rings (SSSR count). The van der Waals surface area contributed by atoms with Crippen LogP contribution < -0.4 is 10.3 Å². The van der Waals surface area contributed by atoms with Crippen LogP contribution in [0, 0.1) is 6.92 Å². The van der Waals surface area contributed by atoms with Crippen molar-refractivity contribution in [1.82, 2.24) is 9.55 Å². The second-order valence-corrected chi connectivity index (χ2v) is 4.00. The summed E-state index contributed by atoms with van der Waals surface area (Å²) in [6.07, 6.45) is 3.97. The van der Waals surface area contributed by atoms with Crippen LogP contribution in [0.2, 0.25) is 0 Å². The van der Waals surface area contributed by atoms with Gasteiger partial charge in [-0.1, -0.05) is 20.8 Å². The number of nitrogens with zero attached hydrogens (tertiary/aromatic N) is 2. The molecule has 0 aliphatic carbocycles. The van der Waals surface area contributed by atoms with E-state index >= 15 is 0 Å². The second-order valence-electron chi connectivity index (χ2n) is 4.00. The first-order chi connectivity index (χ1) is 9.61. The van der Waals surface area contributed by atoms with Crippen LogP contribution in [0.25, 0.3) is 0 Å². The predicted octanol–water partition coefficient (Wildman–Crippen LogP) is 3.14. The van der Waals surface area contributed by atoms with E-state index in [1.807, 2.05) is 27.7 Å². The molecule has 1 aliphatic heterocycles. The molecule has 1 aliphatic rings. The Morgan fingerprint density at radius 1 is 1.45 bits per heavy atom. The lowest BCUT2D eigenvalue weighted by Crippen LogP contribution is -2.19. The van der Waals surface area contributed by atoms with Crippen LogP contribution in [0.3, 0.4) is 0 Å². The summed E-state index contributed by atoms with van der Waals surface area (Å²) < 4.78 is 13.0. The first-order valence-corrected chi connectivity index (χ1v) is 7.63. The summed E-state index contributed by atoms with van der Waals surface area (Å²) in [6.45, 7) is 10.1. The fourth-order valence-corrected chi connectivity index (χ4v) is 1.68. The van der Waals surface area contributed by atoms with Crippen LogP contribution in [0.1, 0.15) is 45.9 Å². The Bertz CT molecular complexity index is 449. The minimum atomic E-state index is -0.242. The molecular formula is C14H25ClN2O3. The molecule has 2 unspecified atom stereocenters. The Labute approximate surface area is 125 Å². The summed E-state index contributed by atoms with van der Waals surface area (Å²) in [5.74, 6) is 0. The van der Waals surface area contributed by atoms with Crippen molar-refractivity contribution in [3.05, 3.63) is 22.1 Å². The minimum absolute atomic E-state index is 0.0482. The maximum absolute atomic E-state index is 11.4. The zero-order valence-corrected chi connectivity index (χ0v) is 13.9. The Balaban J connectivity index is 0.000000829. The molecule has 0 aromatic carbocycles. The number of hydrogen-bond donors (Lipinski definition) is 0. The molecule has 1 aromatic heterocycles. The molecule has 0 saturated heterocycles. The topological polar surface area (TPSA) is 53.3 Å². The van der Waals surface area contributed by atoms with Crippen molar-refractivity contribution in [2.75, 3.05) is 13.0 Å². The molecule has 0 radical (unpaired) electrons. The zero-order chi connectivity index (χ0) is 15.7. The van der Waals surface area contributed by atoms with E-state index < -0.39 is 0 Å². The lowest BCUT2D eigenvalue weighted by atomic mass is 10.3. The number of aryl methyl sites for hydroxylation is 1. The van der Waals surface area contributed by atoms with Gasteiger partial charge in [0.25, 0.3) is 5.56 Å². The Hall–Kier alpha value is -1.07. The normalized spacial score (nSPS) is 20.1. The van der Waals surface area contributed by atoms with Crippen molar-refractivity contribution in [3.63, 3.8) is 0 Å². The molecule has 6 heteroatoms. The summed E-state index contributed by atoms with van der Waals surface area (Å²) in [4.78, 5) is 15.3. The standard InChI is InChI=1S/C11H16N2O3.C2H6.CH3Cl/c1-4-9-6-15-11-12-10(14)7(2)5-13(11)8(3)16-9;2*1-2/h5,8-9H,4,6H2,1-3H3;1-2H3;1H3. The van der Waals surface area contributed by atoms with E-state index in [4.69, 9.17) is 9.47 Å². The van der Waals surface area contributed by atoms with Gasteiger partial charge in [-0.05, 0) is 20.3 Å². The number of rotatable bonds is 1. The summed E-state index contributed by atoms with van der Waals surface area (Å²) in [5, 5.41) is 0. The molecule has 0 amide bonds. The molecule has 116 valence electrons. The molecule has 0 fully saturated rings. The monoisotopic (exact) mass is 304 g/mol. The van der Waals surface area contributed by atoms with Crippen LogP contribution in [0.15, 0.2) is 11.0 Å². The van der Waals surface area contributed by atoms with E-state index in [0.717, 1.165) is 6.42 Å². The van der Waals surface area contributed by atoms with Gasteiger partial charge >= 0.3 is 6.01 Å². The van der Waals surface area contributed by atoms with Gasteiger partial charge in [-0.25, -0.2) is 0 Å². The molecule has 0 saturated carbocycles. The Kier molecular flexibility index (Phi) is 9.25. The van der Waals surface area contributed by atoms with Crippen molar-refractivity contribution in [3.8, 4) is 6.01 Å². The van der Waals surface area contributed by atoms with E-state index in [2.05, 4.69) is 16.6 Å². The summed E-state index contributed by atoms with van der Waals surface area (Å²) >= 11 is 4.64. The van der Waals surface area contributed by atoms with Crippen LogP contribution in [0.5, 0.6) is 6.01 Å². The van der Waals surface area contributed by atoms with Crippen molar-refractivity contribution in [2.24, 2.45) is 0 Å². The van der Waals surface area contributed by atoms with Crippen LogP contribution >= 0.6 is 11.6 Å². The van der Waals surface area contributed by atoms with Gasteiger partial charge in [0.1, 0.15) is 12.8 Å². The summed E-state index contributed by atoms with van der Waals surface area (Å²) in [5.41, 5.74) is 0.353. The van der Waals surface area contributed by atoms with Gasteiger partial charge in [-0.2, -0.15) is 4.98 Å². The van der Waals surface area contributed by atoms with Crippen LogP contribution in [-0.4, -0.2) is 28.6 Å². The highest BCUT2D eigenvalue weighted by Gasteiger charge is 2.22. The smallest absolute Gasteiger partial charge is 0.301 e. The van der Waals surface area contributed by atoms with Gasteiger partial charge in [0.05, 0.1) is 6.10 Å². The lowest BCUT2D eigenvalue weighted by molar-refractivity contribution is -0.0424. The maximum Gasteiger partial charge on any atom is 0.301 e. The number of hydrogen-bond acceptors (Lipinski definition) is 4. The fourth-order valence-electron chi connectivity index (χ4n) is 1.68. The average Bonchev–Trinajstić information content (AvgIpc) is 2.64. The molecule has 2 heterocycles. The predicted molar refractivity (Wildman–Crippen MR) is 81.7 cm³/mol. The van der Waals surface area contributed by atoms with Gasteiger partial charge in [0.2, 0.25) is 0 Å². The van der Waals surface area contributed by atoms with Crippen molar-refractivity contribution in [2.45, 2.75) is 53.4 Å². The van der Waals surface area contributed by atoms with E-state index in [0.29, 0.717) is 18.2 Å². The minimum Gasteiger partial charge on any atom is -0.462 e. The first-order valence-electron chi connectivity index (χ1n) is 6.87. The zero-order valence-electron chi connectivity index (χ0n) is 13.1. The molecule has 0 bridgehead atoms. The average molecular weight is 305 g/mol. The van der Waals surface area contributed by atoms with E-state index in [1.165, 1.54) is 6.38 Å². The van der Waals surface area contributed by atoms with Gasteiger partial charge in [0.15, 0.2) is 0 Å². The molecule has 5 nitrogen and oxygen atoms in total. The van der Waals surface area contributed by atoms with E-state index in [1.54, 1.807) is 17.7 Å². The molecular weight excluding hydrogens is 280 g/mol. The van der Waals surface area contributed by atoms with Crippen LogP contribution in [-0.2, 0) is 4.74 Å². The fraction of sp³-hybridized carbons (Fsp3) is 0.714. The largest absolute Gasteiger partial charge is 0.462 e. The highest BCUT2D eigenvalue weighted by molar-refractivity contribution is 6.15. The van der Waals surface area contributed by atoms with Gasteiger partial charge in [-0.15, -0.1) is 11.6 Å². The van der Waals surface area contributed by atoms with E-state index in [-0.39, 0.29) is 17.9 Å². The maximum atomic E-state index is 11.4. The molecule has 0 spiro atoms. The summed E-state index contributed by atoms with van der Waals surface area (Å²) in [6, 6.07) is 0.346. The highest BCUT2D eigenvalue weighted by atomic mass is 35.5. The first kappa shape index (κ1) is 18.9. The lowest BCUT2D eigenvalue weighted by Gasteiger charge is -2.17. The van der Waals surface area contributed by atoms with Crippen molar-refractivity contribution >= 4 is 11.6 Å².